The lowest BCUT2D eigenvalue weighted by Crippen LogP contribution is -3.00. The maximum atomic E-state index is 12.0. The molecule has 0 radical (unpaired) electrons. The summed E-state index contributed by atoms with van der Waals surface area (Å²) in [6, 6.07) is -2.10. The second-order valence-corrected chi connectivity index (χ2v) is 7.10. The van der Waals surface area contributed by atoms with E-state index in [0.717, 1.165) is 0 Å². The van der Waals surface area contributed by atoms with Crippen LogP contribution in [0.4, 0.5) is 0 Å². The first kappa shape index (κ1) is 27.8. The number of quaternary nitrogens is 1. The fourth-order valence-corrected chi connectivity index (χ4v) is 1.89. The molecule has 0 rings (SSSR count). The average molecular weight is 473 g/mol. The SMILES string of the molecule is C[N+](C)(C)CCOC(=O)CNC(=O)C(CS)NC(=O)CCC(N)C(=O)O.[Br-]. The molecule has 0 bridgehead atoms. The molecule has 0 aromatic heterocycles. The average Bonchev–Trinajstić information content (AvgIpc) is 2.53. The van der Waals surface area contributed by atoms with Gasteiger partial charge in [-0.1, -0.05) is 0 Å². The Bertz CT molecular complexity index is 515. The molecular formula is C15H29BrN4O6S. The summed E-state index contributed by atoms with van der Waals surface area (Å²) in [5.74, 6) is -2.88. The van der Waals surface area contributed by atoms with Crippen LogP contribution in [0.2, 0.25) is 0 Å². The standard InChI is InChI=1S/C15H28N4O6S.BrH/c1-19(2,3)6-7-25-13(21)8-17-14(22)11(9-26)18-12(20)5-4-10(16)15(23)24;/h10-11H,4-9,16H2,1-3H3,(H3-,17,18,20,22,23,24,26);1H. The van der Waals surface area contributed by atoms with Crippen LogP contribution in [-0.4, -0.2) is 92.0 Å². The van der Waals surface area contributed by atoms with Crippen LogP contribution in [0.3, 0.4) is 0 Å². The predicted molar refractivity (Wildman–Crippen MR) is 97.5 cm³/mol. The summed E-state index contributed by atoms with van der Waals surface area (Å²) in [5, 5.41) is 13.4. The second-order valence-electron chi connectivity index (χ2n) is 6.74. The highest BCUT2D eigenvalue weighted by molar-refractivity contribution is 7.80. The molecule has 0 saturated heterocycles. The number of ether oxygens (including phenoxy) is 1. The lowest BCUT2D eigenvalue weighted by molar-refractivity contribution is -0.870. The van der Waals surface area contributed by atoms with E-state index in [4.69, 9.17) is 15.6 Å². The summed E-state index contributed by atoms with van der Waals surface area (Å²) in [6.45, 7) is 0.544. The molecule has 2 amide bonds. The molecule has 2 atom stereocenters. The van der Waals surface area contributed by atoms with Crippen LogP contribution in [0.5, 0.6) is 0 Å². The number of hydrogen-bond donors (Lipinski definition) is 5. The number of amides is 2. The molecule has 0 aromatic rings. The Hall–Kier alpha value is -1.37. The number of nitrogens with one attached hydrogen (secondary N) is 2. The predicted octanol–water partition coefficient (Wildman–Crippen LogP) is -5.04. The van der Waals surface area contributed by atoms with Gasteiger partial charge in [0.2, 0.25) is 11.8 Å². The number of halogens is 1. The molecule has 0 aliphatic heterocycles. The van der Waals surface area contributed by atoms with Crippen molar-refractivity contribution in [2.24, 2.45) is 5.73 Å². The number of nitrogens with zero attached hydrogens (tertiary/aromatic N) is 1. The monoisotopic (exact) mass is 472 g/mol. The number of likely N-dealkylation sites (N-methyl/N-ethyl adjacent to an activating group) is 1. The van der Waals surface area contributed by atoms with Gasteiger partial charge < -0.3 is 47.7 Å². The van der Waals surface area contributed by atoms with E-state index in [1.165, 1.54) is 0 Å². The lowest BCUT2D eigenvalue weighted by atomic mass is 10.1. The Kier molecular flexibility index (Phi) is 14.2. The first-order valence-corrected chi connectivity index (χ1v) is 8.72. The summed E-state index contributed by atoms with van der Waals surface area (Å²) in [5.41, 5.74) is 5.31. The second kappa shape index (κ2) is 13.7. The quantitative estimate of drug-likeness (QED) is 0.108. The molecule has 0 heterocycles. The largest absolute Gasteiger partial charge is 1.00 e. The van der Waals surface area contributed by atoms with Gasteiger partial charge >= 0.3 is 11.9 Å². The zero-order chi connectivity index (χ0) is 20.3. The highest BCUT2D eigenvalue weighted by Crippen LogP contribution is 1.97. The number of hydrogen-bond acceptors (Lipinski definition) is 7. The molecule has 0 saturated carbocycles. The number of carboxylic acid groups (broad SMARTS) is 1. The maximum absolute atomic E-state index is 12.0. The van der Waals surface area contributed by atoms with Gasteiger partial charge in [-0.3, -0.25) is 19.2 Å². The van der Waals surface area contributed by atoms with E-state index in [9.17, 15) is 19.2 Å². The third-order valence-corrected chi connectivity index (χ3v) is 3.63. The van der Waals surface area contributed by atoms with Crippen LogP contribution in [-0.2, 0) is 23.9 Å². The van der Waals surface area contributed by atoms with Crippen molar-refractivity contribution in [3.63, 3.8) is 0 Å². The van der Waals surface area contributed by atoms with Gasteiger partial charge in [-0.15, -0.1) is 0 Å². The van der Waals surface area contributed by atoms with Crippen molar-refractivity contribution >= 4 is 36.4 Å². The number of nitrogens with two attached hydrogens (primary N) is 1. The minimum absolute atomic E-state index is 0. The highest BCUT2D eigenvalue weighted by Gasteiger charge is 2.21. The summed E-state index contributed by atoms with van der Waals surface area (Å²) < 4.78 is 5.64. The van der Waals surface area contributed by atoms with Crippen molar-refractivity contribution in [1.29, 1.82) is 0 Å². The molecule has 5 N–H and O–H groups in total. The Morgan fingerprint density at radius 3 is 2.30 bits per heavy atom. The van der Waals surface area contributed by atoms with E-state index in [1.54, 1.807) is 0 Å². The summed E-state index contributed by atoms with van der Waals surface area (Å²) in [4.78, 5) is 45.9. The van der Waals surface area contributed by atoms with Crippen LogP contribution < -0.4 is 33.3 Å². The first-order chi connectivity index (χ1) is 12.0. The van der Waals surface area contributed by atoms with Gasteiger partial charge in [0.1, 0.15) is 31.8 Å². The number of aliphatic carboxylic acids is 1. The molecule has 0 aromatic carbocycles. The topological polar surface area (TPSA) is 148 Å². The van der Waals surface area contributed by atoms with Gasteiger partial charge in [0, 0.05) is 12.2 Å². The Morgan fingerprint density at radius 1 is 1.22 bits per heavy atom. The zero-order valence-corrected chi connectivity index (χ0v) is 18.2. The van der Waals surface area contributed by atoms with Crippen molar-refractivity contribution < 1.29 is 50.5 Å². The van der Waals surface area contributed by atoms with Gasteiger partial charge in [-0.2, -0.15) is 12.6 Å². The molecular weight excluding hydrogens is 444 g/mol. The lowest BCUT2D eigenvalue weighted by Gasteiger charge is -2.23. The van der Waals surface area contributed by atoms with Gasteiger partial charge in [-0.25, -0.2) is 0 Å². The minimum atomic E-state index is -1.20. The number of carboxylic acids is 1. The fourth-order valence-electron chi connectivity index (χ4n) is 1.64. The van der Waals surface area contributed by atoms with Crippen LogP contribution in [0, 0.1) is 0 Å². The molecule has 0 aliphatic carbocycles. The minimum Gasteiger partial charge on any atom is -1.00 e. The molecule has 0 fully saturated rings. The fraction of sp³-hybridized carbons (Fsp3) is 0.733. The van der Waals surface area contributed by atoms with Crippen molar-refractivity contribution in [2.45, 2.75) is 24.9 Å². The molecule has 158 valence electrons. The van der Waals surface area contributed by atoms with E-state index in [-0.39, 0.29) is 48.7 Å². The van der Waals surface area contributed by atoms with Gasteiger partial charge in [0.25, 0.3) is 0 Å². The van der Waals surface area contributed by atoms with Gasteiger partial charge in [0.05, 0.1) is 21.1 Å². The van der Waals surface area contributed by atoms with Crippen molar-refractivity contribution in [3.8, 4) is 0 Å². The van der Waals surface area contributed by atoms with Crippen molar-refractivity contribution in [3.05, 3.63) is 0 Å². The summed E-state index contributed by atoms with van der Waals surface area (Å²) >= 11 is 3.99. The Morgan fingerprint density at radius 2 is 1.81 bits per heavy atom. The van der Waals surface area contributed by atoms with Crippen molar-refractivity contribution in [1.82, 2.24) is 10.6 Å². The van der Waals surface area contributed by atoms with Crippen LogP contribution in [0.25, 0.3) is 0 Å². The first-order valence-electron chi connectivity index (χ1n) is 8.08. The smallest absolute Gasteiger partial charge is 0.325 e. The van der Waals surface area contributed by atoms with E-state index in [2.05, 4.69) is 23.3 Å². The Balaban J connectivity index is 0. The van der Waals surface area contributed by atoms with E-state index >= 15 is 0 Å². The van der Waals surface area contributed by atoms with E-state index in [1.807, 2.05) is 21.1 Å². The number of thiol groups is 1. The van der Waals surface area contributed by atoms with E-state index < -0.39 is 35.8 Å². The number of esters is 1. The van der Waals surface area contributed by atoms with Crippen molar-refractivity contribution in [2.75, 3.05) is 46.6 Å². The summed E-state index contributed by atoms with van der Waals surface area (Å²) in [6.07, 6.45) is -0.196. The van der Waals surface area contributed by atoms with Gasteiger partial charge in [0.15, 0.2) is 0 Å². The molecule has 10 nitrogen and oxygen atoms in total. The van der Waals surface area contributed by atoms with Crippen LogP contribution in [0.1, 0.15) is 12.8 Å². The molecule has 27 heavy (non-hydrogen) atoms. The maximum Gasteiger partial charge on any atom is 0.325 e. The molecule has 0 aliphatic rings. The van der Waals surface area contributed by atoms with Crippen LogP contribution in [0.15, 0.2) is 0 Å². The molecule has 12 heteroatoms. The third kappa shape index (κ3) is 14.4. The number of carbonyl (C=O) groups is 4. The van der Waals surface area contributed by atoms with Crippen LogP contribution >= 0.6 is 12.6 Å². The Labute approximate surface area is 174 Å². The zero-order valence-electron chi connectivity index (χ0n) is 15.7. The van der Waals surface area contributed by atoms with E-state index in [0.29, 0.717) is 11.0 Å². The third-order valence-electron chi connectivity index (χ3n) is 3.27. The number of rotatable bonds is 12. The summed E-state index contributed by atoms with van der Waals surface area (Å²) in [7, 11) is 5.87. The normalized spacial score (nSPS) is 12.9. The number of carbonyl (C=O) groups excluding carboxylic acids is 3. The van der Waals surface area contributed by atoms with Gasteiger partial charge in [-0.05, 0) is 6.42 Å². The highest BCUT2D eigenvalue weighted by atomic mass is 79.9. The molecule has 0 spiro atoms. The molecule has 2 unspecified atom stereocenters.